The zero-order valence-electron chi connectivity index (χ0n) is 19.0. The molecule has 0 aliphatic carbocycles. The Morgan fingerprint density at radius 2 is 1.64 bits per heavy atom. The van der Waals surface area contributed by atoms with E-state index in [1.54, 1.807) is 42.5 Å². The van der Waals surface area contributed by atoms with Gasteiger partial charge >= 0.3 is 5.97 Å². The van der Waals surface area contributed by atoms with Crippen LogP contribution in [0.15, 0.2) is 77.3 Å². The molecule has 3 N–H and O–H groups in total. The van der Waals surface area contributed by atoms with Gasteiger partial charge in [-0.3, -0.25) is 19.7 Å². The monoisotopic (exact) mass is 548 g/mol. The third-order valence-electron chi connectivity index (χ3n) is 6.98. The summed E-state index contributed by atoms with van der Waals surface area (Å²) >= 11 is 3.37. The number of phenols is 1. The van der Waals surface area contributed by atoms with Crippen LogP contribution < -0.4 is 10.2 Å². The van der Waals surface area contributed by atoms with Crippen LogP contribution in [0.25, 0.3) is 0 Å². The SMILES string of the molecule is CC(=O)c1ccc(N2C(=O)C3C(c4cc(Br)ccc4O)NC(C(=O)O)(c4ccccc4)C3C2=O)cc1. The van der Waals surface area contributed by atoms with Gasteiger partial charge in [-0.1, -0.05) is 46.3 Å². The number of rotatable bonds is 5. The first-order chi connectivity index (χ1) is 17.2. The molecule has 3 aromatic carbocycles. The molecular formula is C27H21BrN2O6. The van der Waals surface area contributed by atoms with E-state index in [2.05, 4.69) is 21.2 Å². The highest BCUT2D eigenvalue weighted by atomic mass is 79.9. The molecule has 2 aliphatic heterocycles. The fraction of sp³-hybridized carbons (Fsp3) is 0.185. The number of ketones is 1. The number of carboxylic acid groups (broad SMARTS) is 1. The fourth-order valence-corrected chi connectivity index (χ4v) is 5.71. The number of fused-ring (bicyclic) bond motifs is 1. The van der Waals surface area contributed by atoms with Crippen molar-refractivity contribution in [3.8, 4) is 5.75 Å². The standard InChI is InChI=1S/C27H21BrN2O6/c1-14(31)15-7-10-18(11-8-15)30-24(33)21-22(25(30)34)27(26(35)36,16-5-3-2-4-6-16)29-23(21)19-13-17(28)9-12-20(19)32/h2-13,21-23,29,32H,1H3,(H,35,36). The molecule has 2 saturated heterocycles. The van der Waals surface area contributed by atoms with Gasteiger partial charge in [-0.2, -0.15) is 0 Å². The number of aliphatic carboxylic acids is 1. The zero-order valence-corrected chi connectivity index (χ0v) is 20.6. The third kappa shape index (κ3) is 3.46. The first-order valence-corrected chi connectivity index (χ1v) is 12.0. The molecule has 0 bridgehead atoms. The lowest BCUT2D eigenvalue weighted by Gasteiger charge is -2.31. The number of imide groups is 1. The molecule has 0 radical (unpaired) electrons. The van der Waals surface area contributed by atoms with Gasteiger partial charge in [0.05, 0.1) is 17.5 Å². The highest BCUT2D eigenvalue weighted by molar-refractivity contribution is 9.10. The van der Waals surface area contributed by atoms with Gasteiger partial charge in [0, 0.05) is 21.6 Å². The Bertz CT molecular complexity index is 1410. The molecule has 2 fully saturated rings. The van der Waals surface area contributed by atoms with Gasteiger partial charge in [0.15, 0.2) is 11.3 Å². The lowest BCUT2D eigenvalue weighted by molar-refractivity contribution is -0.149. The van der Waals surface area contributed by atoms with E-state index >= 15 is 0 Å². The van der Waals surface area contributed by atoms with Gasteiger partial charge in [-0.05, 0) is 55.0 Å². The van der Waals surface area contributed by atoms with Crippen molar-refractivity contribution in [1.82, 2.24) is 5.32 Å². The van der Waals surface area contributed by atoms with Crippen LogP contribution in [0.1, 0.15) is 34.5 Å². The minimum Gasteiger partial charge on any atom is -0.508 e. The quantitative estimate of drug-likeness (QED) is 0.327. The van der Waals surface area contributed by atoms with Crippen LogP contribution in [0.4, 0.5) is 5.69 Å². The minimum atomic E-state index is -1.92. The summed E-state index contributed by atoms with van der Waals surface area (Å²) in [7, 11) is 0. The number of anilines is 1. The number of nitrogens with zero attached hydrogens (tertiary/aromatic N) is 1. The predicted octanol–water partition coefficient (Wildman–Crippen LogP) is 3.79. The number of phenolic OH excluding ortho intramolecular Hbond substituents is 1. The number of Topliss-reactive ketones (excluding diaryl/α,β-unsaturated/α-hetero) is 1. The van der Waals surface area contributed by atoms with Crippen molar-refractivity contribution in [1.29, 1.82) is 0 Å². The molecule has 8 nitrogen and oxygen atoms in total. The third-order valence-corrected chi connectivity index (χ3v) is 7.48. The van der Waals surface area contributed by atoms with Crippen molar-refractivity contribution in [3.05, 3.63) is 94.0 Å². The Kier molecular flexibility index (Phi) is 5.77. The minimum absolute atomic E-state index is 0.131. The van der Waals surface area contributed by atoms with Gasteiger partial charge in [-0.25, -0.2) is 9.69 Å². The van der Waals surface area contributed by atoms with Gasteiger partial charge in [0.2, 0.25) is 11.8 Å². The number of halogens is 1. The predicted molar refractivity (Wildman–Crippen MR) is 133 cm³/mol. The van der Waals surface area contributed by atoms with E-state index in [9.17, 15) is 29.4 Å². The van der Waals surface area contributed by atoms with Crippen molar-refractivity contribution >= 4 is 45.2 Å². The summed E-state index contributed by atoms with van der Waals surface area (Å²) < 4.78 is 0.620. The summed E-state index contributed by atoms with van der Waals surface area (Å²) in [5.74, 6) is -5.26. The van der Waals surface area contributed by atoms with Gasteiger partial charge in [0.25, 0.3) is 0 Å². The van der Waals surface area contributed by atoms with Crippen LogP contribution >= 0.6 is 15.9 Å². The molecule has 3 aromatic rings. The number of carboxylic acids is 1. The van der Waals surface area contributed by atoms with Crippen LogP contribution in [0, 0.1) is 11.8 Å². The molecule has 4 atom stereocenters. The normalized spacial score (nSPS) is 25.2. The van der Waals surface area contributed by atoms with E-state index in [0.29, 0.717) is 21.2 Å². The molecular weight excluding hydrogens is 528 g/mol. The Morgan fingerprint density at radius 1 is 0.972 bits per heavy atom. The van der Waals surface area contributed by atoms with Crippen LogP contribution in [0.5, 0.6) is 5.75 Å². The molecule has 9 heteroatoms. The van der Waals surface area contributed by atoms with Crippen molar-refractivity contribution in [2.45, 2.75) is 18.5 Å². The molecule has 36 heavy (non-hydrogen) atoms. The van der Waals surface area contributed by atoms with E-state index in [4.69, 9.17) is 0 Å². The molecule has 2 amide bonds. The first-order valence-electron chi connectivity index (χ1n) is 11.2. The summed E-state index contributed by atoms with van der Waals surface area (Å²) in [6.07, 6.45) is 0. The second-order valence-corrected chi connectivity index (χ2v) is 9.84. The Hall–Kier alpha value is -3.82. The fourth-order valence-electron chi connectivity index (χ4n) is 5.33. The lowest BCUT2D eigenvalue weighted by atomic mass is 9.75. The molecule has 2 aliphatic rings. The molecule has 4 unspecified atom stereocenters. The number of carbonyl (C=O) groups excluding carboxylic acids is 3. The summed E-state index contributed by atoms with van der Waals surface area (Å²) in [5, 5.41) is 24.3. The Balaban J connectivity index is 1.71. The number of carbonyl (C=O) groups is 4. The number of amides is 2. The number of hydrogen-bond acceptors (Lipinski definition) is 6. The van der Waals surface area contributed by atoms with Crippen molar-refractivity contribution in [3.63, 3.8) is 0 Å². The largest absolute Gasteiger partial charge is 0.508 e. The average molecular weight is 549 g/mol. The lowest BCUT2D eigenvalue weighted by Crippen LogP contribution is -2.53. The number of hydrogen-bond donors (Lipinski definition) is 3. The summed E-state index contributed by atoms with van der Waals surface area (Å²) in [5.41, 5.74) is -0.644. The van der Waals surface area contributed by atoms with E-state index in [1.165, 1.54) is 37.3 Å². The van der Waals surface area contributed by atoms with E-state index in [-0.39, 0.29) is 17.2 Å². The smallest absolute Gasteiger partial charge is 0.329 e. The second kappa shape index (κ2) is 8.69. The molecule has 0 saturated carbocycles. The summed E-state index contributed by atoms with van der Waals surface area (Å²) in [6, 6.07) is 18.0. The van der Waals surface area contributed by atoms with E-state index in [1.807, 2.05) is 0 Å². The van der Waals surface area contributed by atoms with Crippen LogP contribution in [-0.4, -0.2) is 33.8 Å². The van der Waals surface area contributed by atoms with E-state index < -0.39 is 41.2 Å². The maximum atomic E-state index is 13.9. The second-order valence-electron chi connectivity index (χ2n) is 8.92. The number of nitrogens with one attached hydrogen (secondary N) is 1. The molecule has 0 aromatic heterocycles. The van der Waals surface area contributed by atoms with Crippen LogP contribution in [0.3, 0.4) is 0 Å². The number of aromatic hydroxyl groups is 1. The van der Waals surface area contributed by atoms with Crippen LogP contribution in [-0.2, 0) is 19.9 Å². The van der Waals surface area contributed by atoms with Gasteiger partial charge in [-0.15, -0.1) is 0 Å². The molecule has 182 valence electrons. The topological polar surface area (TPSA) is 124 Å². The van der Waals surface area contributed by atoms with Gasteiger partial charge in [0.1, 0.15) is 5.75 Å². The highest BCUT2D eigenvalue weighted by Gasteiger charge is 2.69. The zero-order chi connectivity index (χ0) is 25.8. The Labute approximate surface area is 214 Å². The number of benzene rings is 3. The summed E-state index contributed by atoms with van der Waals surface area (Å²) in [6.45, 7) is 1.41. The van der Waals surface area contributed by atoms with Gasteiger partial charge < -0.3 is 10.2 Å². The average Bonchev–Trinajstić information content (AvgIpc) is 3.35. The van der Waals surface area contributed by atoms with Crippen molar-refractivity contribution in [2.75, 3.05) is 4.90 Å². The molecule has 0 spiro atoms. The van der Waals surface area contributed by atoms with Crippen molar-refractivity contribution in [2.24, 2.45) is 11.8 Å². The first kappa shape index (κ1) is 23.9. The highest BCUT2D eigenvalue weighted by Crippen LogP contribution is 2.54. The Morgan fingerprint density at radius 3 is 2.25 bits per heavy atom. The maximum absolute atomic E-state index is 13.9. The molecule has 2 heterocycles. The van der Waals surface area contributed by atoms with E-state index in [0.717, 1.165) is 4.90 Å². The maximum Gasteiger partial charge on any atom is 0.329 e. The summed E-state index contributed by atoms with van der Waals surface area (Å²) in [4.78, 5) is 53.4. The molecule has 5 rings (SSSR count). The van der Waals surface area contributed by atoms with Crippen LogP contribution in [0.2, 0.25) is 0 Å². The van der Waals surface area contributed by atoms with Crippen molar-refractivity contribution < 1.29 is 29.4 Å².